The molecule has 2 rings (SSSR count). The second kappa shape index (κ2) is 9.35. The van der Waals surface area contributed by atoms with E-state index in [2.05, 4.69) is 15.8 Å². The van der Waals surface area contributed by atoms with Crippen LogP contribution >= 0.6 is 11.6 Å². The van der Waals surface area contributed by atoms with Gasteiger partial charge in [0, 0.05) is 29.1 Å². The summed E-state index contributed by atoms with van der Waals surface area (Å²) < 4.78 is 38.6. The highest BCUT2D eigenvalue weighted by Gasteiger charge is 2.33. The van der Waals surface area contributed by atoms with Gasteiger partial charge in [0.05, 0.1) is 21.9 Å². The highest BCUT2D eigenvalue weighted by molar-refractivity contribution is 6.31. The van der Waals surface area contributed by atoms with Gasteiger partial charge >= 0.3 is 6.18 Å². The number of halogens is 4. The fourth-order valence-electron chi connectivity index (χ4n) is 2.24. The van der Waals surface area contributed by atoms with Crippen LogP contribution in [0.2, 0.25) is 5.02 Å². The normalized spacial score (nSPS) is 11.7. The second-order valence-electron chi connectivity index (χ2n) is 6.01. The van der Waals surface area contributed by atoms with Crippen LogP contribution in [0.5, 0.6) is 0 Å². The number of non-ortho nitro benzene ring substituents is 1. The Morgan fingerprint density at radius 1 is 1.17 bits per heavy atom. The van der Waals surface area contributed by atoms with Crippen LogP contribution in [0, 0.1) is 10.1 Å². The first-order valence-corrected chi connectivity index (χ1v) is 8.59. The zero-order chi connectivity index (χ0) is 22.5. The van der Waals surface area contributed by atoms with Crippen molar-refractivity contribution in [3.63, 3.8) is 0 Å². The Kier molecular flexibility index (Phi) is 7.11. The number of alkyl halides is 3. The van der Waals surface area contributed by atoms with Gasteiger partial charge in [-0.15, -0.1) is 0 Å². The van der Waals surface area contributed by atoms with Crippen molar-refractivity contribution in [1.82, 2.24) is 5.43 Å². The average molecular weight is 443 g/mol. The van der Waals surface area contributed by atoms with Crippen molar-refractivity contribution in [2.24, 2.45) is 5.10 Å². The molecule has 2 aromatic rings. The number of hydrazone groups is 1. The van der Waals surface area contributed by atoms with Crippen molar-refractivity contribution in [3.05, 3.63) is 68.7 Å². The number of nitro groups is 1. The zero-order valence-corrected chi connectivity index (χ0v) is 16.0. The van der Waals surface area contributed by atoms with Crippen molar-refractivity contribution in [3.8, 4) is 0 Å². The highest BCUT2D eigenvalue weighted by Crippen LogP contribution is 2.36. The fraction of sp³-hybridized carbons (Fsp3) is 0.167. The smallest absolute Gasteiger partial charge is 0.326 e. The standard InChI is InChI=1S/C18H14ClF3N4O4/c1-10(24-25-17(28)11-2-5-13(6-3-11)26(29)30)8-16(27)23-12-4-7-15(19)14(9-12)18(20,21)22/h2-7,9H,8H2,1H3,(H,23,27)(H,25,28)/b24-10+. The third-order valence-electron chi connectivity index (χ3n) is 3.66. The molecule has 0 bridgehead atoms. The van der Waals surface area contributed by atoms with Gasteiger partial charge in [-0.05, 0) is 37.3 Å². The van der Waals surface area contributed by atoms with Gasteiger partial charge < -0.3 is 5.32 Å². The van der Waals surface area contributed by atoms with E-state index >= 15 is 0 Å². The van der Waals surface area contributed by atoms with E-state index in [4.69, 9.17) is 11.6 Å². The molecule has 0 unspecified atom stereocenters. The van der Waals surface area contributed by atoms with Gasteiger partial charge in [-0.1, -0.05) is 11.6 Å². The number of hydrogen-bond acceptors (Lipinski definition) is 5. The van der Waals surface area contributed by atoms with E-state index in [1.165, 1.54) is 25.1 Å². The summed E-state index contributed by atoms with van der Waals surface area (Å²) in [6.07, 6.45) is -4.97. The minimum Gasteiger partial charge on any atom is -0.326 e. The summed E-state index contributed by atoms with van der Waals surface area (Å²) in [5.74, 6) is -1.31. The number of carbonyl (C=O) groups is 2. The molecule has 0 aromatic heterocycles. The Hall–Kier alpha value is -3.47. The van der Waals surface area contributed by atoms with E-state index in [9.17, 15) is 32.9 Å². The lowest BCUT2D eigenvalue weighted by Gasteiger charge is -2.11. The van der Waals surface area contributed by atoms with Crippen LogP contribution in [-0.4, -0.2) is 22.4 Å². The Balaban J connectivity index is 1.96. The van der Waals surface area contributed by atoms with Gasteiger partial charge in [-0.2, -0.15) is 18.3 Å². The van der Waals surface area contributed by atoms with Gasteiger partial charge in [0.1, 0.15) is 0 Å². The molecule has 0 saturated carbocycles. The highest BCUT2D eigenvalue weighted by atomic mass is 35.5. The Morgan fingerprint density at radius 3 is 2.37 bits per heavy atom. The molecule has 0 aliphatic carbocycles. The van der Waals surface area contributed by atoms with Crippen LogP contribution in [0.25, 0.3) is 0 Å². The summed E-state index contributed by atoms with van der Waals surface area (Å²) in [4.78, 5) is 34.0. The molecular formula is C18H14ClF3N4O4. The maximum Gasteiger partial charge on any atom is 0.417 e. The molecule has 0 heterocycles. The molecule has 0 atom stereocenters. The Morgan fingerprint density at radius 2 is 1.80 bits per heavy atom. The van der Waals surface area contributed by atoms with Crippen LogP contribution in [0.15, 0.2) is 47.6 Å². The van der Waals surface area contributed by atoms with Crippen molar-refractivity contribution in [1.29, 1.82) is 0 Å². The molecule has 2 N–H and O–H groups in total. The maximum absolute atomic E-state index is 12.9. The molecule has 0 saturated heterocycles. The van der Waals surface area contributed by atoms with E-state index in [-0.39, 0.29) is 29.1 Å². The van der Waals surface area contributed by atoms with Crippen LogP contribution in [0.3, 0.4) is 0 Å². The first-order chi connectivity index (χ1) is 14.0. The third kappa shape index (κ3) is 6.27. The number of hydrogen-bond donors (Lipinski definition) is 2. The number of rotatable bonds is 6. The molecule has 8 nitrogen and oxygen atoms in total. The molecule has 12 heteroatoms. The molecular weight excluding hydrogens is 429 g/mol. The molecule has 0 aliphatic heterocycles. The molecule has 2 amide bonds. The van der Waals surface area contributed by atoms with Crippen LogP contribution in [0.1, 0.15) is 29.3 Å². The molecule has 158 valence electrons. The van der Waals surface area contributed by atoms with Crippen molar-refractivity contribution >= 4 is 40.5 Å². The van der Waals surface area contributed by atoms with E-state index in [1.54, 1.807) is 0 Å². The molecule has 30 heavy (non-hydrogen) atoms. The third-order valence-corrected chi connectivity index (χ3v) is 3.99. The minimum absolute atomic E-state index is 0.0977. The second-order valence-corrected chi connectivity index (χ2v) is 6.42. The summed E-state index contributed by atoms with van der Waals surface area (Å²) in [6, 6.07) is 7.74. The van der Waals surface area contributed by atoms with Gasteiger partial charge in [0.25, 0.3) is 11.6 Å². The predicted molar refractivity (Wildman–Crippen MR) is 103 cm³/mol. The zero-order valence-electron chi connectivity index (χ0n) is 15.3. The van der Waals surface area contributed by atoms with E-state index in [1.807, 2.05) is 0 Å². The topological polar surface area (TPSA) is 114 Å². The van der Waals surface area contributed by atoms with Crippen LogP contribution in [-0.2, 0) is 11.0 Å². The fourth-order valence-corrected chi connectivity index (χ4v) is 2.47. The van der Waals surface area contributed by atoms with Crippen molar-refractivity contribution in [2.45, 2.75) is 19.5 Å². The van der Waals surface area contributed by atoms with Gasteiger partial charge in [0.15, 0.2) is 0 Å². The number of benzene rings is 2. The monoisotopic (exact) mass is 442 g/mol. The van der Waals surface area contributed by atoms with Gasteiger partial charge in [0.2, 0.25) is 5.91 Å². The predicted octanol–water partition coefficient (Wildman–Crippen LogP) is 4.40. The lowest BCUT2D eigenvalue weighted by Crippen LogP contribution is -2.21. The van der Waals surface area contributed by atoms with E-state index in [0.29, 0.717) is 6.07 Å². The summed E-state index contributed by atoms with van der Waals surface area (Å²) >= 11 is 5.52. The summed E-state index contributed by atoms with van der Waals surface area (Å²) in [5, 5.41) is 16.1. The molecule has 0 fully saturated rings. The molecule has 2 aromatic carbocycles. The number of amides is 2. The molecule has 0 aliphatic rings. The lowest BCUT2D eigenvalue weighted by atomic mass is 10.2. The number of nitrogens with zero attached hydrogens (tertiary/aromatic N) is 2. The molecule has 0 spiro atoms. The van der Waals surface area contributed by atoms with Crippen molar-refractivity contribution < 1.29 is 27.7 Å². The lowest BCUT2D eigenvalue weighted by molar-refractivity contribution is -0.384. The number of carbonyl (C=O) groups excluding carboxylic acids is 2. The van der Waals surface area contributed by atoms with Crippen LogP contribution in [0.4, 0.5) is 24.5 Å². The Bertz CT molecular complexity index is 1010. The van der Waals surface area contributed by atoms with Crippen LogP contribution < -0.4 is 10.7 Å². The Labute approximate surface area is 172 Å². The largest absolute Gasteiger partial charge is 0.417 e. The van der Waals surface area contributed by atoms with Gasteiger partial charge in [-0.25, -0.2) is 5.43 Å². The van der Waals surface area contributed by atoms with Crippen molar-refractivity contribution in [2.75, 3.05) is 5.32 Å². The minimum atomic E-state index is -4.67. The quantitative estimate of drug-likeness (QED) is 0.392. The van der Waals surface area contributed by atoms with E-state index < -0.39 is 33.5 Å². The number of anilines is 1. The van der Waals surface area contributed by atoms with E-state index in [0.717, 1.165) is 18.2 Å². The number of nitro benzene ring substituents is 1. The average Bonchev–Trinajstić information content (AvgIpc) is 2.66. The summed E-state index contributed by atoms with van der Waals surface area (Å²) in [6.45, 7) is 1.43. The number of nitrogens with one attached hydrogen (secondary N) is 2. The SMILES string of the molecule is C/C(CC(=O)Nc1ccc(Cl)c(C(F)(F)F)c1)=N\NC(=O)c1ccc([N+](=O)[O-])cc1. The first-order valence-electron chi connectivity index (χ1n) is 8.22. The maximum atomic E-state index is 12.9. The summed E-state index contributed by atoms with van der Waals surface area (Å²) in [5.41, 5.74) is 1.11. The van der Waals surface area contributed by atoms with Gasteiger partial charge in [-0.3, -0.25) is 19.7 Å². The molecule has 0 radical (unpaired) electrons. The first kappa shape index (κ1) is 22.8. The summed E-state index contributed by atoms with van der Waals surface area (Å²) in [7, 11) is 0.